The van der Waals surface area contributed by atoms with Gasteiger partial charge in [0, 0.05) is 51.0 Å². The molecule has 0 aromatic rings. The number of nitrogens with two attached hydrogens (primary N) is 1. The van der Waals surface area contributed by atoms with Gasteiger partial charge in [0.15, 0.2) is 0 Å². The Morgan fingerprint density at radius 1 is 0.897 bits per heavy atom. The van der Waals surface area contributed by atoms with Crippen LogP contribution in [0.15, 0.2) is 0 Å². The van der Waals surface area contributed by atoms with Crippen molar-refractivity contribution in [3.05, 3.63) is 0 Å². The van der Waals surface area contributed by atoms with Crippen LogP contribution in [0.25, 0.3) is 0 Å². The van der Waals surface area contributed by atoms with Gasteiger partial charge >= 0.3 is 0 Å². The molecule has 4 aliphatic rings. The zero-order valence-electron chi connectivity index (χ0n) is 16.8. The minimum atomic E-state index is -0.270. The second kappa shape index (κ2) is 9.00. The average Bonchev–Trinajstić information content (AvgIpc) is 2.99. The first-order valence-electron chi connectivity index (χ1n) is 10.6. The Kier molecular flexibility index (Phi) is 6.83. The molecule has 2 unspecified atom stereocenters. The highest BCUT2D eigenvalue weighted by Gasteiger charge is 2.42. The summed E-state index contributed by atoms with van der Waals surface area (Å²) >= 11 is 0. The van der Waals surface area contributed by atoms with E-state index in [2.05, 4.69) is 0 Å². The summed E-state index contributed by atoms with van der Waals surface area (Å²) in [6.45, 7) is 1.78. The molecule has 2 saturated heterocycles. The fourth-order valence-electron chi connectivity index (χ4n) is 5.46. The molecule has 0 spiro atoms. The summed E-state index contributed by atoms with van der Waals surface area (Å²) in [6, 6.07) is 0.253. The van der Waals surface area contributed by atoms with Gasteiger partial charge in [0.2, 0.25) is 23.6 Å². The summed E-state index contributed by atoms with van der Waals surface area (Å²) in [4.78, 5) is 53.5. The molecule has 2 aliphatic carbocycles. The number of amides is 4. The van der Waals surface area contributed by atoms with Gasteiger partial charge in [-0.1, -0.05) is 6.42 Å². The maximum Gasteiger partial charge on any atom is 0.242 e. The molecule has 4 fully saturated rings. The van der Waals surface area contributed by atoms with E-state index in [9.17, 15) is 19.2 Å². The molecule has 2 bridgehead atoms. The average molecular weight is 427 g/mol. The van der Waals surface area contributed by atoms with E-state index in [4.69, 9.17) is 5.73 Å². The topological polar surface area (TPSA) is 104 Å². The van der Waals surface area contributed by atoms with Crippen molar-refractivity contribution in [1.29, 1.82) is 0 Å². The van der Waals surface area contributed by atoms with Gasteiger partial charge in [0.1, 0.15) is 6.54 Å². The molecule has 29 heavy (non-hydrogen) atoms. The number of likely N-dealkylation sites (tertiary alicyclic amines) is 1. The van der Waals surface area contributed by atoms with Gasteiger partial charge in [0.05, 0.1) is 0 Å². The molecule has 2 N–H and O–H groups in total. The van der Waals surface area contributed by atoms with Crippen molar-refractivity contribution in [3.8, 4) is 0 Å². The van der Waals surface area contributed by atoms with E-state index in [1.54, 1.807) is 4.90 Å². The van der Waals surface area contributed by atoms with Gasteiger partial charge in [-0.15, -0.1) is 12.4 Å². The van der Waals surface area contributed by atoms with E-state index in [0.717, 1.165) is 30.6 Å². The summed E-state index contributed by atoms with van der Waals surface area (Å²) in [5.41, 5.74) is 6.34. The molecule has 2 atom stereocenters. The number of carbonyl (C=O) groups excluding carboxylic acids is 4. The van der Waals surface area contributed by atoms with Gasteiger partial charge in [-0.3, -0.25) is 24.1 Å². The van der Waals surface area contributed by atoms with Crippen molar-refractivity contribution < 1.29 is 19.2 Å². The van der Waals surface area contributed by atoms with Crippen LogP contribution in [0.3, 0.4) is 0 Å². The molecule has 4 amide bonds. The van der Waals surface area contributed by atoms with E-state index in [-0.39, 0.29) is 67.4 Å². The largest absolute Gasteiger partial charge is 0.339 e. The lowest BCUT2D eigenvalue weighted by molar-refractivity contribution is -0.148. The second-order valence-electron chi connectivity index (χ2n) is 8.78. The highest BCUT2D eigenvalue weighted by Crippen LogP contribution is 2.42. The van der Waals surface area contributed by atoms with Crippen molar-refractivity contribution in [2.24, 2.45) is 23.5 Å². The molecule has 0 aromatic heterocycles. The van der Waals surface area contributed by atoms with Gasteiger partial charge in [-0.2, -0.15) is 0 Å². The Morgan fingerprint density at radius 3 is 1.97 bits per heavy atom. The Morgan fingerprint density at radius 2 is 1.41 bits per heavy atom. The Bertz CT molecular complexity index is 649. The van der Waals surface area contributed by atoms with Crippen LogP contribution in [0.5, 0.6) is 0 Å². The highest BCUT2D eigenvalue weighted by molar-refractivity contribution is 6.04. The van der Waals surface area contributed by atoms with Crippen molar-refractivity contribution >= 4 is 36.0 Å². The molecule has 4 rings (SSSR count). The number of imide groups is 1. The van der Waals surface area contributed by atoms with Crippen LogP contribution in [0.1, 0.15) is 44.9 Å². The third-order valence-corrected chi connectivity index (χ3v) is 7.15. The summed E-state index contributed by atoms with van der Waals surface area (Å²) in [5, 5.41) is 0. The quantitative estimate of drug-likeness (QED) is 0.657. The molecule has 0 aromatic carbocycles. The van der Waals surface area contributed by atoms with Crippen molar-refractivity contribution in [2.45, 2.75) is 51.0 Å². The molecule has 2 saturated carbocycles. The summed E-state index contributed by atoms with van der Waals surface area (Å²) in [6.07, 6.45) is 5.69. The smallest absolute Gasteiger partial charge is 0.242 e. The van der Waals surface area contributed by atoms with Crippen LogP contribution in [-0.2, 0) is 19.2 Å². The lowest BCUT2D eigenvalue weighted by atomic mass is 9.65. The molecule has 0 radical (unpaired) electrons. The second-order valence-corrected chi connectivity index (χ2v) is 8.78. The number of rotatable bonds is 3. The number of carbonyl (C=O) groups is 4. The Balaban J connectivity index is 0.00000240. The molecule has 2 aliphatic heterocycles. The van der Waals surface area contributed by atoms with Gasteiger partial charge in [-0.05, 0) is 37.5 Å². The first-order chi connectivity index (χ1) is 13.4. The maximum atomic E-state index is 13.0. The van der Waals surface area contributed by atoms with Gasteiger partial charge < -0.3 is 15.5 Å². The third-order valence-electron chi connectivity index (χ3n) is 7.15. The number of fused-ring (bicyclic) bond motifs is 2. The maximum absolute atomic E-state index is 13.0. The number of nitrogens with zero attached hydrogens (tertiary/aromatic N) is 3. The Labute approximate surface area is 177 Å². The van der Waals surface area contributed by atoms with Crippen molar-refractivity contribution in [3.63, 3.8) is 0 Å². The van der Waals surface area contributed by atoms with Gasteiger partial charge in [-0.25, -0.2) is 0 Å². The molecule has 9 heteroatoms. The number of hydrogen-bond acceptors (Lipinski definition) is 5. The number of hydrogen-bond donors (Lipinski definition) is 1. The highest BCUT2D eigenvalue weighted by atomic mass is 35.5. The molecular formula is C20H31ClN4O4. The Hall–Kier alpha value is -1.67. The van der Waals surface area contributed by atoms with E-state index in [1.807, 2.05) is 4.90 Å². The predicted molar refractivity (Wildman–Crippen MR) is 108 cm³/mol. The van der Waals surface area contributed by atoms with Crippen molar-refractivity contribution in [1.82, 2.24) is 14.7 Å². The number of halogens is 1. The van der Waals surface area contributed by atoms with Crippen LogP contribution in [-0.4, -0.2) is 77.1 Å². The fraction of sp³-hybridized carbons (Fsp3) is 0.800. The minimum absolute atomic E-state index is 0. The van der Waals surface area contributed by atoms with Crippen LogP contribution in [0.4, 0.5) is 0 Å². The summed E-state index contributed by atoms with van der Waals surface area (Å²) < 4.78 is 0. The monoisotopic (exact) mass is 426 g/mol. The van der Waals surface area contributed by atoms with Crippen LogP contribution in [0, 0.1) is 17.8 Å². The zero-order chi connectivity index (χ0) is 19.8. The fourth-order valence-corrected chi connectivity index (χ4v) is 5.46. The minimum Gasteiger partial charge on any atom is -0.339 e. The number of piperazine rings is 1. The lowest BCUT2D eigenvalue weighted by Gasteiger charge is -2.45. The van der Waals surface area contributed by atoms with E-state index in [0.29, 0.717) is 38.0 Å². The van der Waals surface area contributed by atoms with Gasteiger partial charge in [0.25, 0.3) is 0 Å². The van der Waals surface area contributed by atoms with E-state index in [1.165, 1.54) is 6.42 Å². The first-order valence-corrected chi connectivity index (χ1v) is 10.6. The first kappa shape index (κ1) is 22.0. The third kappa shape index (κ3) is 4.43. The van der Waals surface area contributed by atoms with Crippen LogP contribution < -0.4 is 5.73 Å². The zero-order valence-corrected chi connectivity index (χ0v) is 17.6. The lowest BCUT2D eigenvalue weighted by Crippen LogP contribution is -2.55. The van der Waals surface area contributed by atoms with E-state index >= 15 is 0 Å². The standard InChI is InChI=1S/C20H30N4O4.ClH/c21-19-13-2-1-3-14(19)11-15(10-13)20(28)23-8-6-22(7-9-23)18(27)12-24-16(25)4-5-17(24)26;/h13-15,19H,1-12,21H2;1H. The molecular weight excluding hydrogens is 396 g/mol. The molecule has 162 valence electrons. The summed E-state index contributed by atoms with van der Waals surface area (Å²) in [5.74, 6) is 0.466. The molecule has 8 nitrogen and oxygen atoms in total. The predicted octanol–water partition coefficient (Wildman–Crippen LogP) is 0.382. The van der Waals surface area contributed by atoms with Crippen LogP contribution in [0.2, 0.25) is 0 Å². The normalized spacial score (nSPS) is 32.2. The van der Waals surface area contributed by atoms with E-state index < -0.39 is 0 Å². The van der Waals surface area contributed by atoms with Crippen molar-refractivity contribution in [2.75, 3.05) is 32.7 Å². The van der Waals surface area contributed by atoms with Crippen LogP contribution >= 0.6 is 12.4 Å². The summed E-state index contributed by atoms with van der Waals surface area (Å²) in [7, 11) is 0. The SMILES string of the molecule is Cl.NC1C2CCCC1CC(C(=O)N1CCN(C(=O)CN3C(=O)CCC3=O)CC1)C2. The molecule has 2 heterocycles.